The van der Waals surface area contributed by atoms with Crippen LogP contribution in [-0.4, -0.2) is 4.57 Å². The van der Waals surface area contributed by atoms with Gasteiger partial charge in [-0.05, 0) is 29.8 Å². The second-order valence-corrected chi connectivity index (χ2v) is 4.96. The Morgan fingerprint density at radius 2 is 2.12 bits per heavy atom. The molecule has 5 heteroatoms. The molecule has 2 N–H and O–H groups in total. The quantitative estimate of drug-likeness (QED) is 0.926. The number of nitrogen functional groups attached to an aromatic ring is 1. The summed E-state index contributed by atoms with van der Waals surface area (Å²) in [5, 5.41) is 0.619. The van der Waals surface area contributed by atoms with E-state index >= 15 is 0 Å². The van der Waals surface area contributed by atoms with Crippen molar-refractivity contribution in [2.45, 2.75) is 6.54 Å². The molecule has 0 spiro atoms. The van der Waals surface area contributed by atoms with Crippen LogP contribution < -0.4 is 11.3 Å². The smallest absolute Gasteiger partial charge is 0.273 e. The second-order valence-electron chi connectivity index (χ2n) is 3.63. The van der Waals surface area contributed by atoms with Gasteiger partial charge in [0.15, 0.2) is 0 Å². The molecule has 0 saturated heterocycles. The van der Waals surface area contributed by atoms with Gasteiger partial charge in [-0.3, -0.25) is 4.79 Å². The minimum absolute atomic E-state index is 0.202. The first kappa shape index (κ1) is 12.2. The lowest BCUT2D eigenvalue weighted by Gasteiger charge is -2.08. The molecule has 0 fully saturated rings. The lowest BCUT2D eigenvalue weighted by Crippen LogP contribution is -2.22. The molecule has 0 saturated carbocycles. The fourth-order valence-corrected chi connectivity index (χ4v) is 2.25. The summed E-state index contributed by atoms with van der Waals surface area (Å²) in [6.45, 7) is 0.413. The zero-order chi connectivity index (χ0) is 12.4. The highest BCUT2D eigenvalue weighted by Gasteiger charge is 2.04. The summed E-state index contributed by atoms with van der Waals surface area (Å²) in [5.41, 5.74) is 6.47. The molecule has 88 valence electrons. The monoisotopic (exact) mass is 312 g/mol. The second kappa shape index (κ2) is 4.94. The molecule has 0 aliphatic rings. The highest BCUT2D eigenvalue weighted by molar-refractivity contribution is 9.10. The van der Waals surface area contributed by atoms with Crippen LogP contribution in [0.4, 0.5) is 5.69 Å². The van der Waals surface area contributed by atoms with E-state index in [-0.39, 0.29) is 11.2 Å². The van der Waals surface area contributed by atoms with Crippen molar-refractivity contribution in [1.29, 1.82) is 0 Å². The maximum Gasteiger partial charge on any atom is 0.273 e. The lowest BCUT2D eigenvalue weighted by molar-refractivity contribution is 0.762. The summed E-state index contributed by atoms with van der Waals surface area (Å²) in [6, 6.07) is 8.89. The maximum atomic E-state index is 11.7. The van der Waals surface area contributed by atoms with Crippen molar-refractivity contribution in [2.24, 2.45) is 0 Å². The van der Waals surface area contributed by atoms with Crippen molar-refractivity contribution >= 4 is 33.2 Å². The van der Waals surface area contributed by atoms with Gasteiger partial charge >= 0.3 is 0 Å². The third kappa shape index (κ3) is 2.70. The number of hydrogen-bond acceptors (Lipinski definition) is 2. The van der Waals surface area contributed by atoms with Crippen molar-refractivity contribution in [3.05, 3.63) is 61.9 Å². The van der Waals surface area contributed by atoms with Crippen LogP contribution in [0.5, 0.6) is 0 Å². The van der Waals surface area contributed by atoms with Gasteiger partial charge in [0.2, 0.25) is 0 Å². The number of anilines is 1. The number of rotatable bonds is 2. The summed E-state index contributed by atoms with van der Waals surface area (Å²) in [5.74, 6) is 0. The Kier molecular flexibility index (Phi) is 3.54. The Hall–Kier alpha value is -1.26. The van der Waals surface area contributed by atoms with Crippen molar-refractivity contribution in [1.82, 2.24) is 4.57 Å². The zero-order valence-corrected chi connectivity index (χ0v) is 11.2. The van der Waals surface area contributed by atoms with Crippen LogP contribution in [-0.2, 0) is 6.54 Å². The number of nitrogens with two attached hydrogens (primary N) is 1. The van der Waals surface area contributed by atoms with Gasteiger partial charge in [0.25, 0.3) is 5.56 Å². The van der Waals surface area contributed by atoms with Crippen molar-refractivity contribution in [2.75, 3.05) is 5.73 Å². The Morgan fingerprint density at radius 3 is 2.82 bits per heavy atom. The van der Waals surface area contributed by atoms with Crippen LogP contribution in [0.1, 0.15) is 5.56 Å². The summed E-state index contributed by atoms with van der Waals surface area (Å²) in [6.07, 6.45) is 1.69. The van der Waals surface area contributed by atoms with Gasteiger partial charge in [-0.15, -0.1) is 0 Å². The molecule has 0 aliphatic carbocycles. The highest BCUT2D eigenvalue weighted by Crippen LogP contribution is 2.21. The number of nitrogens with zero attached hydrogens (tertiary/aromatic N) is 1. The largest absolute Gasteiger partial charge is 0.394 e. The summed E-state index contributed by atoms with van der Waals surface area (Å²) in [4.78, 5) is 11.7. The normalized spacial score (nSPS) is 10.5. The Morgan fingerprint density at radius 1 is 1.35 bits per heavy atom. The third-order valence-electron chi connectivity index (χ3n) is 2.41. The van der Waals surface area contributed by atoms with E-state index in [1.807, 2.05) is 12.1 Å². The first-order chi connectivity index (χ1) is 8.08. The first-order valence-electron chi connectivity index (χ1n) is 4.97. The van der Waals surface area contributed by atoms with E-state index in [0.717, 1.165) is 10.0 Å². The minimum Gasteiger partial charge on any atom is -0.394 e. The number of halogens is 2. The molecule has 2 aromatic rings. The van der Waals surface area contributed by atoms with Gasteiger partial charge in [-0.1, -0.05) is 33.6 Å². The molecule has 0 unspecified atom stereocenters. The summed E-state index contributed by atoms with van der Waals surface area (Å²) < 4.78 is 2.44. The standard InChI is InChI=1S/C12H10BrClN2O/c13-9-4-3-8(10(14)6-9)7-16-5-1-2-11(15)12(16)17/h1-6H,7,15H2. The van der Waals surface area contributed by atoms with Crippen molar-refractivity contribution in [3.63, 3.8) is 0 Å². The third-order valence-corrected chi connectivity index (χ3v) is 3.25. The molecular formula is C12H10BrClN2O. The van der Waals surface area contributed by atoms with Crippen LogP contribution in [0.15, 0.2) is 45.8 Å². The Balaban J connectivity index is 2.38. The van der Waals surface area contributed by atoms with Gasteiger partial charge in [-0.25, -0.2) is 0 Å². The predicted octanol–water partition coefficient (Wildman–Crippen LogP) is 2.89. The highest BCUT2D eigenvalue weighted by atomic mass is 79.9. The van der Waals surface area contributed by atoms with E-state index in [4.69, 9.17) is 17.3 Å². The molecule has 0 atom stereocenters. The van der Waals surface area contributed by atoms with Crippen LogP contribution in [0, 0.1) is 0 Å². The zero-order valence-electron chi connectivity index (χ0n) is 8.86. The number of aromatic nitrogens is 1. The average molecular weight is 314 g/mol. The van der Waals surface area contributed by atoms with Gasteiger partial charge in [-0.2, -0.15) is 0 Å². The summed E-state index contributed by atoms with van der Waals surface area (Å²) in [7, 11) is 0. The molecule has 0 aliphatic heterocycles. The van der Waals surface area contributed by atoms with E-state index in [2.05, 4.69) is 15.9 Å². The van der Waals surface area contributed by atoms with E-state index in [0.29, 0.717) is 11.6 Å². The number of pyridine rings is 1. The Bertz CT molecular complexity index is 610. The van der Waals surface area contributed by atoms with Gasteiger partial charge in [0.1, 0.15) is 0 Å². The molecular weight excluding hydrogens is 304 g/mol. The van der Waals surface area contributed by atoms with E-state index in [1.54, 1.807) is 24.4 Å². The van der Waals surface area contributed by atoms with Crippen molar-refractivity contribution in [3.8, 4) is 0 Å². The van der Waals surface area contributed by atoms with Crippen LogP contribution in [0.3, 0.4) is 0 Å². The SMILES string of the molecule is Nc1cccn(Cc2ccc(Br)cc2Cl)c1=O. The fraction of sp³-hybridized carbons (Fsp3) is 0.0833. The van der Waals surface area contributed by atoms with Crippen LogP contribution in [0.25, 0.3) is 0 Å². The molecule has 1 aromatic carbocycles. The van der Waals surface area contributed by atoms with Gasteiger partial charge < -0.3 is 10.3 Å². The topological polar surface area (TPSA) is 48.0 Å². The van der Waals surface area contributed by atoms with E-state index in [1.165, 1.54) is 4.57 Å². The van der Waals surface area contributed by atoms with Gasteiger partial charge in [0, 0.05) is 15.7 Å². The lowest BCUT2D eigenvalue weighted by atomic mass is 10.2. The molecule has 0 bridgehead atoms. The molecule has 1 aromatic heterocycles. The number of hydrogen-bond donors (Lipinski definition) is 1. The molecule has 2 rings (SSSR count). The molecule has 0 amide bonds. The van der Waals surface area contributed by atoms with Gasteiger partial charge in [0.05, 0.1) is 12.2 Å². The first-order valence-corrected chi connectivity index (χ1v) is 6.14. The van der Waals surface area contributed by atoms with Crippen molar-refractivity contribution < 1.29 is 0 Å². The van der Waals surface area contributed by atoms with Crippen LogP contribution in [0.2, 0.25) is 5.02 Å². The predicted molar refractivity (Wildman–Crippen MR) is 73.4 cm³/mol. The fourth-order valence-electron chi connectivity index (χ4n) is 1.51. The maximum absolute atomic E-state index is 11.7. The average Bonchev–Trinajstić information content (AvgIpc) is 2.28. The van der Waals surface area contributed by atoms with E-state index in [9.17, 15) is 4.79 Å². The molecule has 0 radical (unpaired) electrons. The molecule has 3 nitrogen and oxygen atoms in total. The minimum atomic E-state index is -0.202. The molecule has 17 heavy (non-hydrogen) atoms. The van der Waals surface area contributed by atoms with Crippen LogP contribution >= 0.6 is 27.5 Å². The molecule has 1 heterocycles. The number of benzene rings is 1. The summed E-state index contributed by atoms with van der Waals surface area (Å²) >= 11 is 9.43. The Labute approximate surface area is 112 Å². The van der Waals surface area contributed by atoms with E-state index < -0.39 is 0 Å².